The maximum Gasteiger partial charge on any atom is 0.209 e. The number of aryl methyl sites for hydroxylation is 1. The van der Waals surface area contributed by atoms with Crippen LogP contribution in [-0.4, -0.2) is 46.0 Å². The van der Waals surface area contributed by atoms with E-state index in [-0.39, 0.29) is 0 Å². The van der Waals surface area contributed by atoms with E-state index in [2.05, 4.69) is 31.7 Å². The van der Waals surface area contributed by atoms with Crippen molar-refractivity contribution in [3.05, 3.63) is 46.7 Å². The molecule has 0 radical (unpaired) electrons. The van der Waals surface area contributed by atoms with Crippen molar-refractivity contribution >= 4 is 28.5 Å². The van der Waals surface area contributed by atoms with Gasteiger partial charge in [-0.3, -0.25) is 4.90 Å². The Hall–Kier alpha value is -2.18. The van der Waals surface area contributed by atoms with Crippen LogP contribution in [0.15, 0.2) is 28.9 Å². The van der Waals surface area contributed by atoms with Crippen molar-refractivity contribution in [1.82, 2.24) is 19.9 Å². The maximum absolute atomic E-state index is 6.16. The van der Waals surface area contributed by atoms with E-state index in [1.165, 1.54) is 0 Å². The lowest BCUT2D eigenvalue weighted by Crippen LogP contribution is -2.46. The van der Waals surface area contributed by atoms with Gasteiger partial charge >= 0.3 is 0 Å². The van der Waals surface area contributed by atoms with Gasteiger partial charge < -0.3 is 9.32 Å². The number of piperazine rings is 1. The van der Waals surface area contributed by atoms with Crippen LogP contribution in [0.25, 0.3) is 11.1 Å². The van der Waals surface area contributed by atoms with Gasteiger partial charge in [-0.1, -0.05) is 17.7 Å². The van der Waals surface area contributed by atoms with E-state index < -0.39 is 0 Å². The summed E-state index contributed by atoms with van der Waals surface area (Å²) < 4.78 is 5.83. The first-order valence-corrected chi connectivity index (χ1v) is 8.79. The van der Waals surface area contributed by atoms with Crippen molar-refractivity contribution in [2.45, 2.75) is 20.4 Å². The molecule has 0 unspecified atom stereocenters. The third-order valence-corrected chi connectivity index (χ3v) is 5.05. The Balaban J connectivity index is 1.43. The molecule has 1 aliphatic heterocycles. The zero-order valence-electron chi connectivity index (χ0n) is 14.4. The quantitative estimate of drug-likeness (QED) is 0.717. The summed E-state index contributed by atoms with van der Waals surface area (Å²) in [5.74, 6) is 1.76. The van der Waals surface area contributed by atoms with Gasteiger partial charge in [-0.25, -0.2) is 15.0 Å². The first kappa shape index (κ1) is 16.3. The fourth-order valence-corrected chi connectivity index (χ4v) is 3.39. The largest absolute Gasteiger partial charge is 0.438 e. The molecule has 0 saturated carbocycles. The van der Waals surface area contributed by atoms with Crippen LogP contribution in [0, 0.1) is 13.8 Å². The Morgan fingerprint density at radius 1 is 1.12 bits per heavy atom. The first-order chi connectivity index (χ1) is 12.1. The monoisotopic (exact) mass is 357 g/mol. The van der Waals surface area contributed by atoms with Gasteiger partial charge in [-0.2, -0.15) is 0 Å². The molecular formula is C18H20ClN5O. The molecule has 4 rings (SSSR count). The highest BCUT2D eigenvalue weighted by atomic mass is 35.5. The number of para-hydroxylation sites is 1. The van der Waals surface area contributed by atoms with Gasteiger partial charge in [-0.15, -0.1) is 0 Å². The van der Waals surface area contributed by atoms with Crippen LogP contribution in [0.2, 0.25) is 5.02 Å². The van der Waals surface area contributed by atoms with Crippen LogP contribution in [-0.2, 0) is 6.54 Å². The van der Waals surface area contributed by atoms with Crippen LogP contribution in [0.1, 0.15) is 17.1 Å². The van der Waals surface area contributed by atoms with Crippen LogP contribution in [0.4, 0.5) is 5.82 Å². The van der Waals surface area contributed by atoms with Gasteiger partial charge in [0.1, 0.15) is 17.7 Å². The summed E-state index contributed by atoms with van der Waals surface area (Å²) in [6.45, 7) is 8.54. The number of nitrogens with zero attached hydrogens (tertiary/aromatic N) is 5. The van der Waals surface area contributed by atoms with Crippen molar-refractivity contribution < 1.29 is 4.42 Å². The Bertz CT molecular complexity index is 902. The van der Waals surface area contributed by atoms with Gasteiger partial charge in [0.15, 0.2) is 5.58 Å². The molecule has 0 aliphatic carbocycles. The second kappa shape index (κ2) is 6.61. The van der Waals surface area contributed by atoms with E-state index in [9.17, 15) is 0 Å². The maximum atomic E-state index is 6.16. The average molecular weight is 358 g/mol. The van der Waals surface area contributed by atoms with Crippen molar-refractivity contribution in [2.75, 3.05) is 31.1 Å². The third-order valence-electron chi connectivity index (χ3n) is 4.75. The van der Waals surface area contributed by atoms with E-state index in [1.54, 1.807) is 6.33 Å². The smallest absolute Gasteiger partial charge is 0.209 e. The normalized spacial score (nSPS) is 15.9. The lowest BCUT2D eigenvalue weighted by molar-refractivity contribution is 0.228. The number of oxazole rings is 1. The molecule has 0 N–H and O–H groups in total. The SMILES string of the molecule is Cc1ncnc(N2CCN(Cc3nc4cccc(Cl)c4o3)CC2)c1C. The van der Waals surface area contributed by atoms with Crippen molar-refractivity contribution in [3.63, 3.8) is 0 Å². The van der Waals surface area contributed by atoms with E-state index in [4.69, 9.17) is 16.0 Å². The number of hydrogen-bond acceptors (Lipinski definition) is 6. The third kappa shape index (κ3) is 3.19. The van der Waals surface area contributed by atoms with E-state index in [0.29, 0.717) is 23.0 Å². The molecule has 1 saturated heterocycles. The Morgan fingerprint density at radius 3 is 2.68 bits per heavy atom. The number of benzene rings is 1. The van der Waals surface area contributed by atoms with E-state index in [0.717, 1.165) is 48.8 Å². The van der Waals surface area contributed by atoms with Crippen LogP contribution >= 0.6 is 11.6 Å². The molecular weight excluding hydrogens is 338 g/mol. The van der Waals surface area contributed by atoms with Crippen LogP contribution in [0.5, 0.6) is 0 Å². The Labute approximate surface area is 151 Å². The minimum Gasteiger partial charge on any atom is -0.438 e. The van der Waals surface area contributed by atoms with Crippen molar-refractivity contribution in [1.29, 1.82) is 0 Å². The molecule has 1 aromatic carbocycles. The van der Waals surface area contributed by atoms with Crippen molar-refractivity contribution in [3.8, 4) is 0 Å². The Kier molecular flexibility index (Phi) is 4.31. The number of hydrogen-bond donors (Lipinski definition) is 0. The van der Waals surface area contributed by atoms with Gasteiger partial charge in [0.05, 0.1) is 11.6 Å². The Morgan fingerprint density at radius 2 is 1.92 bits per heavy atom. The summed E-state index contributed by atoms with van der Waals surface area (Å²) in [6, 6.07) is 5.64. The van der Waals surface area contributed by atoms with Gasteiger partial charge in [-0.05, 0) is 26.0 Å². The number of rotatable bonds is 3. The summed E-state index contributed by atoms with van der Waals surface area (Å²) in [6.07, 6.45) is 1.64. The molecule has 25 heavy (non-hydrogen) atoms. The molecule has 6 nitrogen and oxygen atoms in total. The highest BCUT2D eigenvalue weighted by Crippen LogP contribution is 2.25. The summed E-state index contributed by atoms with van der Waals surface area (Å²) in [5.41, 5.74) is 3.68. The lowest BCUT2D eigenvalue weighted by atomic mass is 10.2. The number of aromatic nitrogens is 3. The molecule has 3 heterocycles. The number of anilines is 1. The topological polar surface area (TPSA) is 58.3 Å². The molecule has 7 heteroatoms. The summed E-state index contributed by atoms with van der Waals surface area (Å²) in [4.78, 5) is 17.9. The van der Waals surface area contributed by atoms with Gasteiger partial charge in [0.25, 0.3) is 0 Å². The molecule has 130 valence electrons. The first-order valence-electron chi connectivity index (χ1n) is 8.41. The second-order valence-corrected chi connectivity index (χ2v) is 6.77. The second-order valence-electron chi connectivity index (χ2n) is 6.37. The highest BCUT2D eigenvalue weighted by molar-refractivity contribution is 6.34. The summed E-state index contributed by atoms with van der Waals surface area (Å²) >= 11 is 6.16. The molecule has 0 atom stereocenters. The minimum atomic E-state index is 0.607. The molecule has 0 bridgehead atoms. The molecule has 3 aromatic rings. The molecule has 0 spiro atoms. The fraction of sp³-hybridized carbons (Fsp3) is 0.389. The summed E-state index contributed by atoms with van der Waals surface area (Å²) in [5, 5.41) is 0.607. The molecule has 1 aliphatic rings. The van der Waals surface area contributed by atoms with E-state index >= 15 is 0 Å². The highest BCUT2D eigenvalue weighted by Gasteiger charge is 2.21. The lowest BCUT2D eigenvalue weighted by Gasteiger charge is -2.35. The molecule has 2 aromatic heterocycles. The number of fused-ring (bicyclic) bond motifs is 1. The van der Waals surface area contributed by atoms with Gasteiger partial charge in [0.2, 0.25) is 5.89 Å². The molecule has 0 amide bonds. The fourth-order valence-electron chi connectivity index (χ4n) is 3.18. The van der Waals surface area contributed by atoms with E-state index in [1.807, 2.05) is 25.1 Å². The molecule has 1 fully saturated rings. The number of halogens is 1. The van der Waals surface area contributed by atoms with Crippen molar-refractivity contribution in [2.24, 2.45) is 0 Å². The van der Waals surface area contributed by atoms with Crippen LogP contribution < -0.4 is 4.90 Å². The van der Waals surface area contributed by atoms with Gasteiger partial charge in [0, 0.05) is 37.4 Å². The summed E-state index contributed by atoms with van der Waals surface area (Å²) in [7, 11) is 0. The average Bonchev–Trinajstić information content (AvgIpc) is 3.02. The zero-order valence-corrected chi connectivity index (χ0v) is 15.1. The standard InChI is InChI=1S/C18H20ClN5O/c1-12-13(2)20-11-21-18(12)24-8-6-23(7-9-24)10-16-22-15-5-3-4-14(19)17(15)25-16/h3-5,11H,6-10H2,1-2H3. The zero-order chi connectivity index (χ0) is 17.4. The predicted molar refractivity (Wildman–Crippen MR) is 98.0 cm³/mol. The minimum absolute atomic E-state index is 0.607. The predicted octanol–water partition coefficient (Wildman–Crippen LogP) is 3.21. The van der Waals surface area contributed by atoms with Crippen LogP contribution in [0.3, 0.4) is 0 Å².